The Hall–Kier alpha value is -0.660. The zero-order valence-corrected chi connectivity index (χ0v) is 12.7. The van der Waals surface area contributed by atoms with E-state index in [1.54, 1.807) is 0 Å². The molecule has 2 N–H and O–H groups in total. The number of nitrogens with one attached hydrogen (secondary N) is 1. The van der Waals surface area contributed by atoms with E-state index in [1.165, 1.54) is 0 Å². The maximum Gasteiger partial charge on any atom is 0.238 e. The Labute approximate surface area is 122 Å². The molecule has 0 spiro atoms. The van der Waals surface area contributed by atoms with E-state index in [0.717, 1.165) is 22.2 Å². The summed E-state index contributed by atoms with van der Waals surface area (Å²) in [7, 11) is 0. The molecule has 1 aromatic rings. The highest BCUT2D eigenvalue weighted by Gasteiger charge is 2.09. The first-order chi connectivity index (χ1) is 8.65. The molecule has 0 aliphatic heterocycles. The van der Waals surface area contributed by atoms with Crippen molar-refractivity contribution < 1.29 is 9.90 Å². The number of anilines is 1. The van der Waals surface area contributed by atoms with Gasteiger partial charge in [-0.1, -0.05) is 13.0 Å². The van der Waals surface area contributed by atoms with Crippen molar-refractivity contribution in [2.75, 3.05) is 31.6 Å². The maximum absolute atomic E-state index is 11.8. The van der Waals surface area contributed by atoms with Crippen molar-refractivity contribution in [3.05, 3.63) is 27.8 Å². The van der Waals surface area contributed by atoms with Gasteiger partial charge in [0, 0.05) is 15.8 Å². The highest BCUT2D eigenvalue weighted by molar-refractivity contribution is 14.1. The summed E-state index contributed by atoms with van der Waals surface area (Å²) in [5.74, 6) is -0.0427. The van der Waals surface area contributed by atoms with Crippen molar-refractivity contribution in [1.82, 2.24) is 4.90 Å². The molecule has 0 atom stereocenters. The number of hydrogen-bond acceptors (Lipinski definition) is 3. The molecule has 1 rings (SSSR count). The van der Waals surface area contributed by atoms with Gasteiger partial charge in [0.2, 0.25) is 5.91 Å². The summed E-state index contributed by atoms with van der Waals surface area (Å²) in [6, 6.07) is 7.69. The molecule has 0 heterocycles. The van der Waals surface area contributed by atoms with Crippen molar-refractivity contribution in [1.29, 1.82) is 0 Å². The normalized spacial score (nSPS) is 10.7. The fourth-order valence-electron chi connectivity index (χ4n) is 1.70. The van der Waals surface area contributed by atoms with Gasteiger partial charge in [-0.05, 0) is 53.8 Å². The lowest BCUT2D eigenvalue weighted by Crippen LogP contribution is -2.35. The summed E-state index contributed by atoms with van der Waals surface area (Å²) < 4.78 is 1.09. The second-order valence-corrected chi connectivity index (χ2v) is 5.30. The average molecular weight is 362 g/mol. The lowest BCUT2D eigenvalue weighted by atomic mass is 10.3. The van der Waals surface area contributed by atoms with Crippen LogP contribution in [0.25, 0.3) is 0 Å². The van der Waals surface area contributed by atoms with Crippen LogP contribution in [0, 0.1) is 3.57 Å². The Morgan fingerprint density at radius 3 is 2.83 bits per heavy atom. The van der Waals surface area contributed by atoms with Gasteiger partial charge >= 0.3 is 0 Å². The molecule has 0 fully saturated rings. The molecule has 1 amide bonds. The zero-order valence-electron chi connectivity index (χ0n) is 10.5. The van der Waals surface area contributed by atoms with E-state index in [1.807, 2.05) is 29.2 Å². The highest BCUT2D eigenvalue weighted by Crippen LogP contribution is 2.12. The molecule has 100 valence electrons. The molecule has 0 unspecified atom stereocenters. The molecule has 0 saturated heterocycles. The molecule has 0 aliphatic rings. The number of benzene rings is 1. The van der Waals surface area contributed by atoms with E-state index in [0.29, 0.717) is 13.1 Å². The predicted molar refractivity (Wildman–Crippen MR) is 81.6 cm³/mol. The Morgan fingerprint density at radius 2 is 2.22 bits per heavy atom. The highest BCUT2D eigenvalue weighted by atomic mass is 127. The van der Waals surface area contributed by atoms with E-state index >= 15 is 0 Å². The summed E-state index contributed by atoms with van der Waals surface area (Å²) in [5.41, 5.74) is 0.812. The van der Waals surface area contributed by atoms with Crippen molar-refractivity contribution >= 4 is 34.2 Å². The molecule has 0 saturated carbocycles. The smallest absolute Gasteiger partial charge is 0.238 e. The molecule has 18 heavy (non-hydrogen) atoms. The average Bonchev–Trinajstić information content (AvgIpc) is 2.29. The van der Waals surface area contributed by atoms with Gasteiger partial charge in [-0.3, -0.25) is 9.69 Å². The van der Waals surface area contributed by atoms with Gasteiger partial charge in [-0.2, -0.15) is 0 Å². The Bertz CT molecular complexity index is 379. The summed E-state index contributed by atoms with van der Waals surface area (Å²) in [5, 5.41) is 11.8. The van der Waals surface area contributed by atoms with Gasteiger partial charge in [-0.25, -0.2) is 0 Å². The van der Waals surface area contributed by atoms with Crippen LogP contribution in [0.5, 0.6) is 0 Å². The van der Waals surface area contributed by atoms with E-state index in [-0.39, 0.29) is 12.5 Å². The fraction of sp³-hybridized carbons (Fsp3) is 0.462. The number of rotatable bonds is 7. The first-order valence-electron chi connectivity index (χ1n) is 6.04. The summed E-state index contributed by atoms with van der Waals surface area (Å²) in [4.78, 5) is 13.8. The minimum atomic E-state index is -0.0427. The second kappa shape index (κ2) is 8.44. The zero-order chi connectivity index (χ0) is 13.4. The summed E-state index contributed by atoms with van der Waals surface area (Å²) >= 11 is 2.21. The fourth-order valence-corrected chi connectivity index (χ4v) is 2.24. The predicted octanol–water partition coefficient (Wildman–Crippen LogP) is 1.93. The van der Waals surface area contributed by atoms with Crippen molar-refractivity contribution in [2.24, 2.45) is 0 Å². The van der Waals surface area contributed by atoms with Crippen molar-refractivity contribution in [3.8, 4) is 0 Å². The first-order valence-corrected chi connectivity index (χ1v) is 7.12. The van der Waals surface area contributed by atoms with E-state index in [4.69, 9.17) is 5.11 Å². The minimum absolute atomic E-state index is 0.0427. The van der Waals surface area contributed by atoms with Crippen LogP contribution in [-0.4, -0.2) is 42.2 Å². The second-order valence-electron chi connectivity index (χ2n) is 4.06. The van der Waals surface area contributed by atoms with Gasteiger partial charge in [0.05, 0.1) is 13.2 Å². The van der Waals surface area contributed by atoms with E-state index < -0.39 is 0 Å². The quantitative estimate of drug-likeness (QED) is 0.729. The largest absolute Gasteiger partial charge is 0.395 e. The van der Waals surface area contributed by atoms with E-state index in [2.05, 4.69) is 34.8 Å². The first kappa shape index (κ1) is 15.4. The molecule has 0 aromatic heterocycles. The van der Waals surface area contributed by atoms with Gasteiger partial charge in [0.25, 0.3) is 0 Å². The van der Waals surface area contributed by atoms with Gasteiger partial charge in [0.1, 0.15) is 0 Å². The number of carbonyl (C=O) groups excluding carboxylic acids is 1. The standard InChI is InChI=1S/C13H19IN2O2/c1-2-6-16(7-8-17)10-13(18)15-12-5-3-4-11(14)9-12/h3-5,9,17H,2,6-8,10H2,1H3,(H,15,18). The Balaban J connectivity index is 2.49. The summed E-state index contributed by atoms with van der Waals surface area (Å²) in [6.45, 7) is 3.81. The number of carbonyl (C=O) groups is 1. The van der Waals surface area contributed by atoms with Crippen LogP contribution in [0.3, 0.4) is 0 Å². The van der Waals surface area contributed by atoms with Crippen molar-refractivity contribution in [3.63, 3.8) is 0 Å². The van der Waals surface area contributed by atoms with Crippen LogP contribution >= 0.6 is 22.6 Å². The third-order valence-corrected chi connectivity index (χ3v) is 3.10. The van der Waals surface area contributed by atoms with Crippen LogP contribution in [0.1, 0.15) is 13.3 Å². The maximum atomic E-state index is 11.8. The molecule has 1 aromatic carbocycles. The van der Waals surface area contributed by atoms with Gasteiger partial charge in [0.15, 0.2) is 0 Å². The Kier molecular flexibility index (Phi) is 7.22. The summed E-state index contributed by atoms with van der Waals surface area (Å²) in [6.07, 6.45) is 0.969. The van der Waals surface area contributed by atoms with Gasteiger partial charge in [-0.15, -0.1) is 0 Å². The lowest BCUT2D eigenvalue weighted by Gasteiger charge is -2.19. The van der Waals surface area contributed by atoms with Crippen LogP contribution < -0.4 is 5.32 Å². The molecule has 4 nitrogen and oxygen atoms in total. The van der Waals surface area contributed by atoms with E-state index in [9.17, 15) is 4.79 Å². The topological polar surface area (TPSA) is 52.6 Å². The third kappa shape index (κ3) is 5.79. The number of halogens is 1. The molecule has 5 heteroatoms. The molecule has 0 aliphatic carbocycles. The molecule has 0 radical (unpaired) electrons. The SMILES string of the molecule is CCCN(CCO)CC(=O)Nc1cccc(I)c1. The third-order valence-electron chi connectivity index (χ3n) is 2.43. The van der Waals surface area contributed by atoms with Crippen molar-refractivity contribution in [2.45, 2.75) is 13.3 Å². The molecule has 0 bridgehead atoms. The monoisotopic (exact) mass is 362 g/mol. The van der Waals surface area contributed by atoms with Crippen LogP contribution in [-0.2, 0) is 4.79 Å². The molecular formula is C13H19IN2O2. The number of amides is 1. The van der Waals surface area contributed by atoms with Gasteiger partial charge < -0.3 is 10.4 Å². The van der Waals surface area contributed by atoms with Crippen LogP contribution in [0.4, 0.5) is 5.69 Å². The van der Waals surface area contributed by atoms with Crippen LogP contribution in [0.2, 0.25) is 0 Å². The number of nitrogens with zero attached hydrogens (tertiary/aromatic N) is 1. The number of hydrogen-bond donors (Lipinski definition) is 2. The minimum Gasteiger partial charge on any atom is -0.395 e. The van der Waals surface area contributed by atoms with Crippen LogP contribution in [0.15, 0.2) is 24.3 Å². The number of aliphatic hydroxyl groups excluding tert-OH is 1. The lowest BCUT2D eigenvalue weighted by molar-refractivity contribution is -0.117. The Morgan fingerprint density at radius 1 is 1.44 bits per heavy atom. The molecular weight excluding hydrogens is 343 g/mol. The number of aliphatic hydroxyl groups is 1.